The summed E-state index contributed by atoms with van der Waals surface area (Å²) >= 11 is 1.38. The standard InChI is InChI=1S/C23H26N4O2S/c1-5-14-27-21(19-10-12-20(29-4)13-11-19)25-26-23(27)30-17(3)22(28)24-15-18-8-6-16(2)7-9-18/h5-13,17H,1,14-15H2,2-4H3,(H,24,28)/t17-/m0/s1. The molecule has 30 heavy (non-hydrogen) atoms. The molecule has 0 aliphatic rings. The fourth-order valence-corrected chi connectivity index (χ4v) is 3.76. The number of amides is 1. The summed E-state index contributed by atoms with van der Waals surface area (Å²) in [6.45, 7) is 8.80. The Labute approximate surface area is 181 Å². The summed E-state index contributed by atoms with van der Waals surface area (Å²) in [5, 5.41) is 12.0. The van der Waals surface area contributed by atoms with Crippen molar-refractivity contribution in [3.63, 3.8) is 0 Å². The average molecular weight is 423 g/mol. The van der Waals surface area contributed by atoms with E-state index in [9.17, 15) is 4.79 Å². The first-order valence-corrected chi connectivity index (χ1v) is 10.6. The third kappa shape index (κ3) is 5.30. The predicted octanol–water partition coefficient (Wildman–Crippen LogP) is 4.25. The molecule has 1 atom stereocenters. The number of benzene rings is 2. The van der Waals surface area contributed by atoms with Gasteiger partial charge in [0.2, 0.25) is 5.91 Å². The third-order valence-electron chi connectivity index (χ3n) is 4.62. The molecule has 0 saturated carbocycles. The first-order valence-electron chi connectivity index (χ1n) is 9.70. The summed E-state index contributed by atoms with van der Waals surface area (Å²) in [4.78, 5) is 12.6. The highest BCUT2D eigenvalue weighted by Gasteiger charge is 2.20. The van der Waals surface area contributed by atoms with E-state index in [0.717, 1.165) is 22.7 Å². The predicted molar refractivity (Wildman–Crippen MR) is 121 cm³/mol. The van der Waals surface area contributed by atoms with Gasteiger partial charge in [-0.2, -0.15) is 0 Å². The van der Waals surface area contributed by atoms with Crippen LogP contribution in [0.5, 0.6) is 5.75 Å². The summed E-state index contributed by atoms with van der Waals surface area (Å²) in [6, 6.07) is 15.8. The van der Waals surface area contributed by atoms with Gasteiger partial charge in [0, 0.05) is 18.7 Å². The van der Waals surface area contributed by atoms with Gasteiger partial charge in [-0.1, -0.05) is 47.7 Å². The molecule has 6 nitrogen and oxygen atoms in total. The molecular formula is C23H26N4O2S. The van der Waals surface area contributed by atoms with Gasteiger partial charge in [-0.25, -0.2) is 0 Å². The largest absolute Gasteiger partial charge is 0.497 e. The normalized spacial score (nSPS) is 11.7. The van der Waals surface area contributed by atoms with E-state index in [2.05, 4.69) is 22.1 Å². The van der Waals surface area contributed by atoms with Crippen molar-refractivity contribution in [1.82, 2.24) is 20.1 Å². The number of allylic oxidation sites excluding steroid dienone is 1. The molecule has 1 amide bonds. The van der Waals surface area contributed by atoms with E-state index < -0.39 is 0 Å². The number of carbonyl (C=O) groups excluding carboxylic acids is 1. The molecule has 0 aliphatic heterocycles. The number of ether oxygens (including phenoxy) is 1. The van der Waals surface area contributed by atoms with Crippen molar-refractivity contribution < 1.29 is 9.53 Å². The van der Waals surface area contributed by atoms with Crippen LogP contribution in [0, 0.1) is 6.92 Å². The van der Waals surface area contributed by atoms with Crippen molar-refractivity contribution in [1.29, 1.82) is 0 Å². The Morgan fingerprint density at radius 2 is 1.90 bits per heavy atom. The van der Waals surface area contributed by atoms with Crippen molar-refractivity contribution in [3.05, 3.63) is 72.3 Å². The smallest absolute Gasteiger partial charge is 0.233 e. The van der Waals surface area contributed by atoms with Crippen molar-refractivity contribution in [2.24, 2.45) is 0 Å². The number of rotatable bonds is 9. The lowest BCUT2D eigenvalue weighted by atomic mass is 10.1. The first-order chi connectivity index (χ1) is 14.5. The number of hydrogen-bond donors (Lipinski definition) is 1. The van der Waals surface area contributed by atoms with E-state index in [-0.39, 0.29) is 11.2 Å². The van der Waals surface area contributed by atoms with Crippen molar-refractivity contribution >= 4 is 17.7 Å². The lowest BCUT2D eigenvalue weighted by Gasteiger charge is -2.13. The van der Waals surface area contributed by atoms with Gasteiger partial charge in [-0.3, -0.25) is 9.36 Å². The molecule has 1 heterocycles. The zero-order chi connectivity index (χ0) is 21.5. The van der Waals surface area contributed by atoms with E-state index >= 15 is 0 Å². The zero-order valence-corrected chi connectivity index (χ0v) is 18.3. The van der Waals surface area contributed by atoms with Crippen molar-refractivity contribution in [2.75, 3.05) is 7.11 Å². The van der Waals surface area contributed by atoms with E-state index in [0.29, 0.717) is 18.2 Å². The average Bonchev–Trinajstić information content (AvgIpc) is 3.15. The lowest BCUT2D eigenvalue weighted by Crippen LogP contribution is -2.30. The first kappa shape index (κ1) is 21.6. The van der Waals surface area contributed by atoms with E-state index in [4.69, 9.17) is 4.74 Å². The van der Waals surface area contributed by atoms with Gasteiger partial charge in [-0.15, -0.1) is 16.8 Å². The van der Waals surface area contributed by atoms with E-state index in [1.165, 1.54) is 17.3 Å². The molecule has 3 aromatic rings. The van der Waals surface area contributed by atoms with Crippen LogP contribution in [-0.2, 0) is 17.9 Å². The third-order valence-corrected chi connectivity index (χ3v) is 5.70. The van der Waals surface area contributed by atoms with Gasteiger partial charge in [0.25, 0.3) is 0 Å². The minimum atomic E-state index is -0.313. The maximum Gasteiger partial charge on any atom is 0.233 e. The summed E-state index contributed by atoms with van der Waals surface area (Å²) < 4.78 is 7.18. The molecule has 0 saturated heterocycles. The van der Waals surface area contributed by atoms with Gasteiger partial charge < -0.3 is 10.1 Å². The number of thioether (sulfide) groups is 1. The second-order valence-electron chi connectivity index (χ2n) is 6.90. The molecule has 7 heteroatoms. The highest BCUT2D eigenvalue weighted by Crippen LogP contribution is 2.28. The second-order valence-corrected chi connectivity index (χ2v) is 8.21. The second kappa shape index (κ2) is 10.1. The molecule has 0 aliphatic carbocycles. The Hall–Kier alpha value is -3.06. The molecule has 0 bridgehead atoms. The van der Waals surface area contributed by atoms with Gasteiger partial charge in [0.05, 0.1) is 12.4 Å². The fourth-order valence-electron chi connectivity index (χ4n) is 2.87. The quantitative estimate of drug-likeness (QED) is 0.412. The molecule has 1 N–H and O–H groups in total. The maximum absolute atomic E-state index is 12.6. The highest BCUT2D eigenvalue weighted by molar-refractivity contribution is 8.00. The Bertz CT molecular complexity index is 997. The molecule has 156 valence electrons. The number of nitrogens with zero attached hydrogens (tertiary/aromatic N) is 3. The Kier molecular flexibility index (Phi) is 7.30. The SMILES string of the molecule is C=CCn1c(S[C@@H](C)C(=O)NCc2ccc(C)cc2)nnc1-c1ccc(OC)cc1. The Morgan fingerprint density at radius 1 is 1.20 bits per heavy atom. The summed E-state index contributed by atoms with van der Waals surface area (Å²) in [5.74, 6) is 1.47. The van der Waals surface area contributed by atoms with Crippen molar-refractivity contribution in [2.45, 2.75) is 37.3 Å². The van der Waals surface area contributed by atoms with Gasteiger partial charge in [-0.05, 0) is 43.7 Å². The topological polar surface area (TPSA) is 69.0 Å². The van der Waals surface area contributed by atoms with Crippen molar-refractivity contribution in [3.8, 4) is 17.1 Å². The zero-order valence-electron chi connectivity index (χ0n) is 17.5. The van der Waals surface area contributed by atoms with E-state index in [1.807, 2.05) is 66.9 Å². The van der Waals surface area contributed by atoms with E-state index in [1.54, 1.807) is 13.2 Å². The minimum absolute atomic E-state index is 0.0419. The monoisotopic (exact) mass is 422 g/mol. The number of carbonyl (C=O) groups is 1. The Morgan fingerprint density at radius 3 is 2.53 bits per heavy atom. The Balaban J connectivity index is 1.69. The molecule has 0 fully saturated rings. The molecule has 2 aromatic carbocycles. The summed E-state index contributed by atoms with van der Waals surface area (Å²) in [5.41, 5.74) is 3.19. The number of nitrogens with one attached hydrogen (secondary N) is 1. The molecular weight excluding hydrogens is 396 g/mol. The van der Waals surface area contributed by atoms with Crippen LogP contribution in [-0.4, -0.2) is 33.0 Å². The molecule has 3 rings (SSSR count). The van der Waals surface area contributed by atoms with Gasteiger partial charge >= 0.3 is 0 Å². The lowest BCUT2D eigenvalue weighted by molar-refractivity contribution is -0.120. The number of hydrogen-bond acceptors (Lipinski definition) is 5. The van der Waals surface area contributed by atoms with Gasteiger partial charge in [0.1, 0.15) is 5.75 Å². The molecule has 0 radical (unpaired) electrons. The highest BCUT2D eigenvalue weighted by atomic mass is 32.2. The molecule has 0 spiro atoms. The number of aromatic nitrogens is 3. The van der Waals surface area contributed by atoms with Crippen LogP contribution in [0.3, 0.4) is 0 Å². The number of aryl methyl sites for hydroxylation is 1. The molecule has 0 unspecified atom stereocenters. The number of methoxy groups -OCH3 is 1. The van der Waals surface area contributed by atoms with Crippen LogP contribution < -0.4 is 10.1 Å². The van der Waals surface area contributed by atoms with Crippen LogP contribution in [0.25, 0.3) is 11.4 Å². The maximum atomic E-state index is 12.6. The molecule has 1 aromatic heterocycles. The van der Waals surface area contributed by atoms with Crippen LogP contribution >= 0.6 is 11.8 Å². The van der Waals surface area contributed by atoms with Crippen LogP contribution in [0.2, 0.25) is 0 Å². The van der Waals surface area contributed by atoms with Crippen LogP contribution in [0.4, 0.5) is 0 Å². The van der Waals surface area contributed by atoms with Crippen LogP contribution in [0.15, 0.2) is 66.3 Å². The minimum Gasteiger partial charge on any atom is -0.497 e. The van der Waals surface area contributed by atoms with Gasteiger partial charge in [0.15, 0.2) is 11.0 Å². The fraction of sp³-hybridized carbons (Fsp3) is 0.261. The summed E-state index contributed by atoms with van der Waals surface area (Å²) in [7, 11) is 1.63. The van der Waals surface area contributed by atoms with Crippen LogP contribution in [0.1, 0.15) is 18.1 Å². The summed E-state index contributed by atoms with van der Waals surface area (Å²) in [6.07, 6.45) is 1.79.